The van der Waals surface area contributed by atoms with E-state index in [0.717, 1.165) is 11.1 Å². The van der Waals surface area contributed by atoms with E-state index >= 15 is 0 Å². The van der Waals surface area contributed by atoms with Gasteiger partial charge in [0, 0.05) is 10.6 Å². The van der Waals surface area contributed by atoms with Gasteiger partial charge in [-0.1, -0.05) is 35.5 Å². The molecular weight excluding hydrogens is 382 g/mol. The van der Waals surface area contributed by atoms with Crippen LogP contribution in [0.15, 0.2) is 41.6 Å². The van der Waals surface area contributed by atoms with Crippen LogP contribution in [-0.4, -0.2) is 33.3 Å². The smallest absolute Gasteiger partial charge is 0.209 e. The van der Waals surface area contributed by atoms with Gasteiger partial charge in [0.05, 0.1) is 17.9 Å². The van der Waals surface area contributed by atoms with E-state index in [1.54, 1.807) is 25.3 Å². The summed E-state index contributed by atoms with van der Waals surface area (Å²) in [6.45, 7) is 5.89. The van der Waals surface area contributed by atoms with Crippen molar-refractivity contribution < 1.29 is 9.53 Å². The maximum absolute atomic E-state index is 12.7. The molecule has 5 nitrogen and oxygen atoms in total. The molecule has 0 saturated heterocycles. The van der Waals surface area contributed by atoms with Crippen LogP contribution in [0.5, 0.6) is 5.75 Å². The Balaban J connectivity index is 1.78. The Bertz CT molecular complexity index is 987. The molecule has 3 aromatic rings. The number of carbonyl (C=O) groups excluding carboxylic acids is 1. The van der Waals surface area contributed by atoms with E-state index in [1.165, 1.54) is 17.3 Å². The number of Topliss-reactive ketones (excluding diaryl/α,β-unsaturated/α-hetero) is 1. The highest BCUT2D eigenvalue weighted by atomic mass is 35.5. The fourth-order valence-corrected chi connectivity index (χ4v) is 3.60. The molecule has 0 saturated carbocycles. The summed E-state index contributed by atoms with van der Waals surface area (Å²) >= 11 is 7.39. The van der Waals surface area contributed by atoms with Crippen LogP contribution in [0.4, 0.5) is 0 Å². The van der Waals surface area contributed by atoms with Crippen molar-refractivity contribution in [2.45, 2.75) is 31.2 Å². The maximum Gasteiger partial charge on any atom is 0.209 e. The average molecular weight is 402 g/mol. The van der Waals surface area contributed by atoms with Crippen molar-refractivity contribution in [2.75, 3.05) is 7.11 Å². The number of ketones is 1. The second kappa shape index (κ2) is 8.15. The summed E-state index contributed by atoms with van der Waals surface area (Å²) in [6, 6.07) is 11.0. The minimum atomic E-state index is -0.308. The number of halogens is 1. The molecule has 1 atom stereocenters. The lowest BCUT2D eigenvalue weighted by Gasteiger charge is -2.09. The number of rotatable bonds is 6. The van der Waals surface area contributed by atoms with Crippen LogP contribution in [0.2, 0.25) is 5.02 Å². The minimum Gasteiger partial charge on any atom is -0.496 e. The summed E-state index contributed by atoms with van der Waals surface area (Å²) in [5, 5.41) is 7.88. The number of aromatic nitrogens is 3. The first-order valence-electron chi connectivity index (χ1n) is 8.43. The predicted octanol–water partition coefficient (Wildman–Crippen LogP) is 5.11. The van der Waals surface area contributed by atoms with E-state index in [4.69, 9.17) is 16.3 Å². The number of H-pyrrole nitrogens is 1. The number of benzene rings is 2. The van der Waals surface area contributed by atoms with Gasteiger partial charge in [-0.15, -0.1) is 5.10 Å². The van der Waals surface area contributed by atoms with Crippen molar-refractivity contribution in [2.24, 2.45) is 0 Å². The van der Waals surface area contributed by atoms with E-state index in [9.17, 15) is 4.79 Å². The fourth-order valence-electron chi connectivity index (χ4n) is 2.63. The Morgan fingerprint density at radius 3 is 2.67 bits per heavy atom. The Kier molecular flexibility index (Phi) is 5.87. The fraction of sp³-hybridized carbons (Fsp3) is 0.250. The minimum absolute atomic E-state index is 0.0507. The van der Waals surface area contributed by atoms with Crippen LogP contribution >= 0.6 is 23.4 Å². The molecule has 0 fully saturated rings. The Labute approximate surface area is 167 Å². The van der Waals surface area contributed by atoms with Gasteiger partial charge in [-0.25, -0.2) is 4.98 Å². The number of nitrogens with zero attached hydrogens (tertiary/aromatic N) is 2. The van der Waals surface area contributed by atoms with Crippen molar-refractivity contribution in [1.29, 1.82) is 0 Å². The number of nitrogens with one attached hydrogen (secondary N) is 1. The molecule has 7 heteroatoms. The van der Waals surface area contributed by atoms with Crippen molar-refractivity contribution >= 4 is 29.1 Å². The monoisotopic (exact) mass is 401 g/mol. The molecule has 0 bridgehead atoms. The van der Waals surface area contributed by atoms with E-state index in [1.807, 2.05) is 39.0 Å². The second-order valence-electron chi connectivity index (χ2n) is 6.23. The summed E-state index contributed by atoms with van der Waals surface area (Å²) in [5.41, 5.74) is 3.69. The van der Waals surface area contributed by atoms with E-state index < -0.39 is 0 Å². The standard InChI is InChI=1S/C20H20ClN3O2S/c1-11-5-6-14(9-12(11)2)18(25)13(3)27-20-22-19(23-24-20)16-10-15(21)7-8-17(16)26-4/h5-10,13H,1-4H3,(H,22,23,24)/t13-/m1/s1. The van der Waals surface area contributed by atoms with Gasteiger partial charge in [-0.3, -0.25) is 9.89 Å². The largest absolute Gasteiger partial charge is 0.496 e. The molecule has 1 aromatic heterocycles. The highest BCUT2D eigenvalue weighted by Crippen LogP contribution is 2.32. The lowest BCUT2D eigenvalue weighted by molar-refractivity contribution is 0.0994. The lowest BCUT2D eigenvalue weighted by atomic mass is 10.0. The van der Waals surface area contributed by atoms with Crippen molar-refractivity contribution in [3.05, 3.63) is 58.1 Å². The lowest BCUT2D eigenvalue weighted by Crippen LogP contribution is -2.14. The molecule has 3 rings (SSSR count). The Hall–Kier alpha value is -2.31. The molecule has 27 heavy (non-hydrogen) atoms. The van der Waals surface area contributed by atoms with Crippen LogP contribution in [-0.2, 0) is 0 Å². The van der Waals surface area contributed by atoms with Crippen LogP contribution in [0.1, 0.15) is 28.4 Å². The van der Waals surface area contributed by atoms with Gasteiger partial charge in [0.2, 0.25) is 5.16 Å². The first-order chi connectivity index (χ1) is 12.9. The summed E-state index contributed by atoms with van der Waals surface area (Å²) < 4.78 is 5.35. The van der Waals surface area contributed by atoms with Crippen LogP contribution in [0.3, 0.4) is 0 Å². The molecule has 0 aliphatic rings. The summed E-state index contributed by atoms with van der Waals surface area (Å²) in [5.74, 6) is 1.24. The zero-order valence-corrected chi connectivity index (χ0v) is 17.1. The van der Waals surface area contributed by atoms with Gasteiger partial charge in [0.1, 0.15) is 5.75 Å². The van der Waals surface area contributed by atoms with Crippen LogP contribution < -0.4 is 4.74 Å². The van der Waals surface area contributed by atoms with Gasteiger partial charge < -0.3 is 4.74 Å². The topological polar surface area (TPSA) is 67.9 Å². The molecule has 0 unspecified atom stereocenters. The maximum atomic E-state index is 12.7. The summed E-state index contributed by atoms with van der Waals surface area (Å²) in [7, 11) is 1.59. The summed E-state index contributed by atoms with van der Waals surface area (Å²) in [6.07, 6.45) is 0. The molecule has 0 spiro atoms. The van der Waals surface area contributed by atoms with Crippen molar-refractivity contribution in [3.8, 4) is 17.1 Å². The van der Waals surface area contributed by atoms with Crippen molar-refractivity contribution in [3.63, 3.8) is 0 Å². The number of hydrogen-bond donors (Lipinski definition) is 1. The van der Waals surface area contributed by atoms with Crippen molar-refractivity contribution in [1.82, 2.24) is 15.2 Å². The zero-order valence-electron chi connectivity index (χ0n) is 15.5. The van der Waals surface area contributed by atoms with Crippen LogP contribution in [0, 0.1) is 13.8 Å². The molecule has 0 aliphatic heterocycles. The molecular formula is C20H20ClN3O2S. The highest BCUT2D eigenvalue weighted by Gasteiger charge is 2.20. The van der Waals surface area contributed by atoms with Gasteiger partial charge in [0.25, 0.3) is 0 Å². The molecule has 2 aromatic carbocycles. The molecule has 1 heterocycles. The number of carbonyl (C=O) groups is 1. The highest BCUT2D eigenvalue weighted by molar-refractivity contribution is 8.00. The third kappa shape index (κ3) is 4.34. The third-order valence-corrected chi connectivity index (χ3v) is 5.52. The van der Waals surface area contributed by atoms with Gasteiger partial charge >= 0.3 is 0 Å². The van der Waals surface area contributed by atoms with E-state index in [0.29, 0.717) is 27.3 Å². The molecule has 0 radical (unpaired) electrons. The van der Waals surface area contributed by atoms with Gasteiger partial charge in [-0.2, -0.15) is 0 Å². The first kappa shape index (κ1) is 19.5. The number of ether oxygens (including phenoxy) is 1. The average Bonchev–Trinajstić information content (AvgIpc) is 3.11. The first-order valence-corrected chi connectivity index (χ1v) is 9.69. The quantitative estimate of drug-likeness (QED) is 0.459. The molecule has 0 amide bonds. The molecule has 0 aliphatic carbocycles. The Morgan fingerprint density at radius 1 is 1.19 bits per heavy atom. The van der Waals surface area contributed by atoms with E-state index in [2.05, 4.69) is 15.2 Å². The number of hydrogen-bond acceptors (Lipinski definition) is 5. The number of aromatic amines is 1. The number of methoxy groups -OCH3 is 1. The van der Waals surface area contributed by atoms with E-state index in [-0.39, 0.29) is 11.0 Å². The SMILES string of the molecule is COc1ccc(Cl)cc1-c1nc(S[C@H](C)C(=O)c2ccc(C)c(C)c2)n[nH]1. The predicted molar refractivity (Wildman–Crippen MR) is 109 cm³/mol. The third-order valence-electron chi connectivity index (χ3n) is 4.32. The Morgan fingerprint density at radius 2 is 1.96 bits per heavy atom. The van der Waals surface area contributed by atoms with Gasteiger partial charge in [0.15, 0.2) is 11.6 Å². The summed E-state index contributed by atoms with van der Waals surface area (Å²) in [4.78, 5) is 17.2. The molecule has 1 N–H and O–H groups in total. The second-order valence-corrected chi connectivity index (χ2v) is 7.98. The number of thioether (sulfide) groups is 1. The molecule has 140 valence electrons. The zero-order chi connectivity index (χ0) is 19.6. The normalized spacial score (nSPS) is 12.0. The van der Waals surface area contributed by atoms with Gasteiger partial charge in [-0.05, 0) is 56.2 Å². The number of aryl methyl sites for hydroxylation is 2. The van der Waals surface area contributed by atoms with Crippen LogP contribution in [0.25, 0.3) is 11.4 Å².